The average molecular weight is 455 g/mol. The Balaban J connectivity index is 1.60. The van der Waals surface area contributed by atoms with E-state index in [0.29, 0.717) is 41.0 Å². The van der Waals surface area contributed by atoms with Gasteiger partial charge in [-0.25, -0.2) is 17.5 Å². The molecule has 3 aromatic rings. The van der Waals surface area contributed by atoms with Gasteiger partial charge in [0.1, 0.15) is 11.6 Å². The number of sulfonamides is 1. The van der Waals surface area contributed by atoms with Gasteiger partial charge in [0, 0.05) is 17.3 Å². The molecule has 0 spiro atoms. The second-order valence-electron chi connectivity index (χ2n) is 7.82. The number of hydrogen-bond acceptors (Lipinski definition) is 4. The summed E-state index contributed by atoms with van der Waals surface area (Å²) in [4.78, 5) is 13.2. The third-order valence-corrected chi connectivity index (χ3v) is 6.16. The quantitative estimate of drug-likeness (QED) is 0.594. The van der Waals surface area contributed by atoms with Crippen molar-refractivity contribution in [3.05, 3.63) is 83.2 Å². The zero-order chi connectivity index (χ0) is 22.9. The van der Waals surface area contributed by atoms with Crippen LogP contribution in [-0.4, -0.2) is 33.7 Å². The highest BCUT2D eigenvalue weighted by atomic mass is 32.2. The van der Waals surface area contributed by atoms with Crippen molar-refractivity contribution in [3.63, 3.8) is 0 Å². The Kier molecular flexibility index (Phi) is 5.99. The first-order chi connectivity index (χ1) is 15.2. The van der Waals surface area contributed by atoms with Crippen LogP contribution in [0.4, 0.5) is 10.1 Å². The number of halogens is 1. The second kappa shape index (κ2) is 8.72. The van der Waals surface area contributed by atoms with Crippen molar-refractivity contribution >= 4 is 21.6 Å². The van der Waals surface area contributed by atoms with Crippen molar-refractivity contribution in [1.82, 2.24) is 4.72 Å². The van der Waals surface area contributed by atoms with Crippen LogP contribution in [0.3, 0.4) is 0 Å². The van der Waals surface area contributed by atoms with E-state index in [1.807, 2.05) is 12.1 Å². The molecular formula is C24H23FN2O4S. The second-order valence-corrected chi connectivity index (χ2v) is 9.60. The van der Waals surface area contributed by atoms with Crippen molar-refractivity contribution in [3.8, 4) is 16.9 Å². The molecule has 0 radical (unpaired) electrons. The largest absolute Gasteiger partial charge is 0.496 e. The predicted molar refractivity (Wildman–Crippen MR) is 122 cm³/mol. The molecule has 0 saturated heterocycles. The van der Waals surface area contributed by atoms with E-state index in [-0.39, 0.29) is 17.8 Å². The molecule has 0 bridgehead atoms. The van der Waals surface area contributed by atoms with Crippen LogP contribution in [0.15, 0.2) is 60.7 Å². The number of rotatable bonds is 6. The summed E-state index contributed by atoms with van der Waals surface area (Å²) in [5, 5.41) is 2.92. The number of fused-ring (bicyclic) bond motifs is 1. The molecule has 0 fully saturated rings. The molecule has 8 heteroatoms. The minimum absolute atomic E-state index is 0.186. The van der Waals surface area contributed by atoms with Crippen molar-refractivity contribution in [2.75, 3.05) is 18.7 Å². The van der Waals surface area contributed by atoms with Crippen LogP contribution in [0.25, 0.3) is 11.1 Å². The fourth-order valence-corrected chi connectivity index (χ4v) is 4.86. The molecule has 1 aliphatic carbocycles. The van der Waals surface area contributed by atoms with Crippen LogP contribution in [0.1, 0.15) is 21.5 Å². The Morgan fingerprint density at radius 3 is 2.44 bits per heavy atom. The molecule has 1 atom stereocenters. The van der Waals surface area contributed by atoms with Crippen LogP contribution in [0, 0.1) is 5.82 Å². The summed E-state index contributed by atoms with van der Waals surface area (Å²) in [5.41, 5.74) is 4.30. The highest BCUT2D eigenvalue weighted by Gasteiger charge is 2.24. The molecule has 32 heavy (non-hydrogen) atoms. The van der Waals surface area contributed by atoms with Gasteiger partial charge < -0.3 is 10.1 Å². The van der Waals surface area contributed by atoms with Crippen LogP contribution in [0.5, 0.6) is 5.75 Å². The maximum Gasteiger partial charge on any atom is 0.256 e. The number of carbonyl (C=O) groups excluding carboxylic acids is 1. The Morgan fingerprint density at radius 2 is 1.75 bits per heavy atom. The highest BCUT2D eigenvalue weighted by Crippen LogP contribution is 2.34. The zero-order valence-corrected chi connectivity index (χ0v) is 18.5. The number of hydrogen-bond donors (Lipinski definition) is 2. The molecule has 0 aromatic heterocycles. The van der Waals surface area contributed by atoms with Gasteiger partial charge in [0.05, 0.1) is 18.9 Å². The number of ether oxygens (including phenoxy) is 1. The van der Waals surface area contributed by atoms with Crippen molar-refractivity contribution in [1.29, 1.82) is 0 Å². The van der Waals surface area contributed by atoms with Crippen molar-refractivity contribution in [2.45, 2.75) is 18.9 Å². The maximum atomic E-state index is 13.4. The van der Waals surface area contributed by atoms with E-state index < -0.39 is 10.0 Å². The van der Waals surface area contributed by atoms with Crippen molar-refractivity contribution in [2.24, 2.45) is 0 Å². The number of anilines is 1. The summed E-state index contributed by atoms with van der Waals surface area (Å²) in [6.45, 7) is 0. The fourth-order valence-electron chi connectivity index (χ4n) is 4.09. The fraction of sp³-hybridized carbons (Fsp3) is 0.208. The topological polar surface area (TPSA) is 84.5 Å². The molecule has 0 saturated carbocycles. The highest BCUT2D eigenvalue weighted by molar-refractivity contribution is 7.88. The smallest absolute Gasteiger partial charge is 0.256 e. The summed E-state index contributed by atoms with van der Waals surface area (Å²) in [6, 6.07) is 16.4. The van der Waals surface area contributed by atoms with E-state index in [2.05, 4.69) is 10.0 Å². The lowest BCUT2D eigenvalue weighted by Crippen LogP contribution is -2.34. The average Bonchev–Trinajstić information content (AvgIpc) is 3.13. The lowest BCUT2D eigenvalue weighted by molar-refractivity contribution is 0.102. The summed E-state index contributed by atoms with van der Waals surface area (Å²) in [7, 11) is -1.77. The molecular weight excluding hydrogens is 431 g/mol. The minimum Gasteiger partial charge on any atom is -0.496 e. The summed E-state index contributed by atoms with van der Waals surface area (Å²) < 4.78 is 44.6. The van der Waals surface area contributed by atoms with Crippen LogP contribution in [0.2, 0.25) is 0 Å². The first-order valence-corrected chi connectivity index (χ1v) is 12.0. The van der Waals surface area contributed by atoms with Crippen LogP contribution in [-0.2, 0) is 22.9 Å². The van der Waals surface area contributed by atoms with E-state index in [1.165, 1.54) is 19.2 Å². The van der Waals surface area contributed by atoms with Gasteiger partial charge in [-0.15, -0.1) is 0 Å². The monoisotopic (exact) mass is 454 g/mol. The molecule has 3 aromatic carbocycles. The van der Waals surface area contributed by atoms with Crippen molar-refractivity contribution < 1.29 is 22.3 Å². The van der Waals surface area contributed by atoms with Gasteiger partial charge in [-0.05, 0) is 65.9 Å². The number of carbonyl (C=O) groups is 1. The van der Waals surface area contributed by atoms with Crippen LogP contribution < -0.4 is 14.8 Å². The molecule has 1 amide bonds. The molecule has 2 N–H and O–H groups in total. The number of benzene rings is 3. The number of nitrogens with one attached hydrogen (secondary N) is 2. The Bertz CT molecular complexity index is 1270. The minimum atomic E-state index is -3.29. The molecule has 166 valence electrons. The van der Waals surface area contributed by atoms with Gasteiger partial charge in [-0.1, -0.05) is 24.3 Å². The molecule has 0 aliphatic heterocycles. The number of methoxy groups -OCH3 is 1. The van der Waals surface area contributed by atoms with Gasteiger partial charge in [-0.3, -0.25) is 4.79 Å². The van der Waals surface area contributed by atoms with E-state index in [1.54, 1.807) is 36.4 Å². The van der Waals surface area contributed by atoms with E-state index in [4.69, 9.17) is 4.74 Å². The van der Waals surface area contributed by atoms with Gasteiger partial charge >= 0.3 is 0 Å². The summed E-state index contributed by atoms with van der Waals surface area (Å²) in [5.74, 6) is -0.184. The SMILES string of the molecule is COc1cccc(C(=O)Nc2ccc3c(c2)CC(NS(C)(=O)=O)C3)c1-c1ccc(F)cc1. The molecule has 6 nitrogen and oxygen atoms in total. The van der Waals surface area contributed by atoms with Gasteiger partial charge in [0.2, 0.25) is 10.0 Å². The summed E-state index contributed by atoms with van der Waals surface area (Å²) in [6.07, 6.45) is 2.32. The molecule has 0 heterocycles. The zero-order valence-electron chi connectivity index (χ0n) is 17.7. The van der Waals surface area contributed by atoms with Gasteiger partial charge in [0.15, 0.2) is 0 Å². The first-order valence-electron chi connectivity index (χ1n) is 10.1. The Hall–Kier alpha value is -3.23. The Morgan fingerprint density at radius 1 is 1.03 bits per heavy atom. The first kappa shape index (κ1) is 22.0. The van der Waals surface area contributed by atoms with Gasteiger partial charge in [0.25, 0.3) is 5.91 Å². The third-order valence-electron chi connectivity index (χ3n) is 5.40. The molecule has 4 rings (SSSR count). The predicted octanol–water partition coefficient (Wildman–Crippen LogP) is 3.77. The molecule has 1 unspecified atom stereocenters. The standard InChI is InChI=1S/C24H23FN2O4S/c1-31-22-5-3-4-21(23(22)15-6-9-18(25)10-7-15)24(28)26-19-11-8-16-12-20(14-17(16)13-19)27-32(2,29)30/h3-11,13,20,27H,12,14H2,1-2H3,(H,26,28). The lowest BCUT2D eigenvalue weighted by Gasteiger charge is -2.15. The Labute approximate surface area is 186 Å². The van der Waals surface area contributed by atoms with Gasteiger partial charge in [-0.2, -0.15) is 0 Å². The number of amides is 1. The summed E-state index contributed by atoms with van der Waals surface area (Å²) >= 11 is 0. The maximum absolute atomic E-state index is 13.4. The molecule has 1 aliphatic rings. The van der Waals surface area contributed by atoms with E-state index >= 15 is 0 Å². The van der Waals surface area contributed by atoms with Crippen LogP contribution >= 0.6 is 0 Å². The lowest BCUT2D eigenvalue weighted by atomic mass is 9.97. The third kappa shape index (κ3) is 4.81. The van der Waals surface area contributed by atoms with E-state index in [0.717, 1.165) is 17.4 Å². The normalized spacial score (nSPS) is 15.3. The van der Waals surface area contributed by atoms with E-state index in [9.17, 15) is 17.6 Å².